The van der Waals surface area contributed by atoms with Gasteiger partial charge in [-0.3, -0.25) is 5.32 Å². The highest BCUT2D eigenvalue weighted by Crippen LogP contribution is 2.26. The molecule has 84 valence electrons. The third-order valence-corrected chi connectivity index (χ3v) is 4.20. The number of benzene rings is 1. The molecule has 1 aliphatic rings. The van der Waals surface area contributed by atoms with Crippen LogP contribution < -0.4 is 5.32 Å². The van der Waals surface area contributed by atoms with Gasteiger partial charge in [-0.15, -0.1) is 0 Å². The molecule has 1 unspecified atom stereocenters. The average Bonchev–Trinajstić information content (AvgIpc) is 2.39. The summed E-state index contributed by atoms with van der Waals surface area (Å²) in [6, 6.07) is 12.7. The normalized spacial score (nSPS) is 24.9. The number of nitrogens with zero attached hydrogens (tertiary/aromatic N) is 1. The van der Waals surface area contributed by atoms with Gasteiger partial charge in [0.2, 0.25) is 0 Å². The van der Waals surface area contributed by atoms with Crippen LogP contribution in [0, 0.1) is 11.3 Å². The molecule has 1 N–H and O–H groups in total. The van der Waals surface area contributed by atoms with Crippen LogP contribution >= 0.6 is 11.8 Å². The molecular weight excluding hydrogens is 216 g/mol. The zero-order valence-electron chi connectivity index (χ0n) is 9.28. The van der Waals surface area contributed by atoms with E-state index in [1.165, 1.54) is 11.3 Å². The smallest absolute Gasteiger partial charge is 0.116 e. The quantitative estimate of drug-likeness (QED) is 0.870. The summed E-state index contributed by atoms with van der Waals surface area (Å²) >= 11 is 1.88. The molecule has 2 rings (SSSR count). The Morgan fingerprint density at radius 2 is 2.19 bits per heavy atom. The van der Waals surface area contributed by atoms with Gasteiger partial charge < -0.3 is 0 Å². The summed E-state index contributed by atoms with van der Waals surface area (Å²) in [6.45, 7) is 0.787. The highest BCUT2D eigenvalue weighted by molar-refractivity contribution is 7.99. The Morgan fingerprint density at radius 1 is 1.38 bits per heavy atom. The van der Waals surface area contributed by atoms with E-state index in [4.69, 9.17) is 0 Å². The topological polar surface area (TPSA) is 35.8 Å². The maximum Gasteiger partial charge on any atom is 0.116 e. The van der Waals surface area contributed by atoms with E-state index in [0.717, 1.165) is 25.1 Å². The number of nitrogens with one attached hydrogen (secondary N) is 1. The van der Waals surface area contributed by atoms with E-state index in [1.807, 2.05) is 30.0 Å². The summed E-state index contributed by atoms with van der Waals surface area (Å²) in [5.74, 6) is 2.10. The van der Waals surface area contributed by atoms with E-state index in [0.29, 0.717) is 0 Å². The lowest BCUT2D eigenvalue weighted by Crippen LogP contribution is -2.47. The molecule has 1 aromatic carbocycles. The van der Waals surface area contributed by atoms with Crippen molar-refractivity contribution in [1.29, 1.82) is 5.26 Å². The highest BCUT2D eigenvalue weighted by Gasteiger charge is 2.31. The molecular formula is C13H16N2S. The van der Waals surface area contributed by atoms with Crippen LogP contribution in [0.15, 0.2) is 30.3 Å². The fourth-order valence-electron chi connectivity index (χ4n) is 1.93. The molecule has 1 aliphatic heterocycles. The van der Waals surface area contributed by atoms with Gasteiger partial charge in [-0.2, -0.15) is 17.0 Å². The first-order valence-corrected chi connectivity index (χ1v) is 6.78. The lowest BCUT2D eigenvalue weighted by molar-refractivity contribution is 0.412. The van der Waals surface area contributed by atoms with Crippen LogP contribution in [-0.2, 0) is 6.54 Å². The number of nitriles is 1. The van der Waals surface area contributed by atoms with Gasteiger partial charge in [-0.05, 0) is 24.2 Å². The lowest BCUT2D eigenvalue weighted by Gasteiger charge is -2.31. The second-order valence-corrected chi connectivity index (χ2v) is 5.29. The molecule has 0 aromatic heterocycles. The summed E-state index contributed by atoms with van der Waals surface area (Å²) < 4.78 is 0. The molecule has 0 bridgehead atoms. The minimum absolute atomic E-state index is 0.307. The summed E-state index contributed by atoms with van der Waals surface area (Å²) in [5.41, 5.74) is 0.936. The first-order valence-electron chi connectivity index (χ1n) is 5.63. The molecule has 0 amide bonds. The third kappa shape index (κ3) is 2.78. The maximum atomic E-state index is 9.29. The molecule has 16 heavy (non-hydrogen) atoms. The van der Waals surface area contributed by atoms with Crippen molar-refractivity contribution >= 4 is 11.8 Å². The third-order valence-electron chi connectivity index (χ3n) is 2.93. The van der Waals surface area contributed by atoms with Gasteiger partial charge in [-0.1, -0.05) is 30.3 Å². The van der Waals surface area contributed by atoms with Crippen molar-refractivity contribution in [2.24, 2.45) is 0 Å². The second kappa shape index (κ2) is 5.38. The van der Waals surface area contributed by atoms with E-state index >= 15 is 0 Å². The number of hydrogen-bond acceptors (Lipinski definition) is 3. The van der Waals surface area contributed by atoms with Crippen LogP contribution in [0.3, 0.4) is 0 Å². The van der Waals surface area contributed by atoms with E-state index in [9.17, 15) is 5.26 Å². The number of hydrogen-bond donors (Lipinski definition) is 1. The zero-order valence-corrected chi connectivity index (χ0v) is 10.1. The first-order chi connectivity index (χ1) is 7.85. The zero-order chi connectivity index (χ0) is 11.3. The van der Waals surface area contributed by atoms with Crippen molar-refractivity contribution in [3.8, 4) is 6.07 Å². The second-order valence-electron chi connectivity index (χ2n) is 4.19. The van der Waals surface area contributed by atoms with Gasteiger partial charge >= 0.3 is 0 Å². The maximum absolute atomic E-state index is 9.29. The Morgan fingerprint density at radius 3 is 2.81 bits per heavy atom. The van der Waals surface area contributed by atoms with Crippen molar-refractivity contribution in [2.45, 2.75) is 24.9 Å². The lowest BCUT2D eigenvalue weighted by atomic mass is 9.97. The largest absolute Gasteiger partial charge is 0.295 e. The molecule has 0 aliphatic carbocycles. The minimum atomic E-state index is -0.307. The van der Waals surface area contributed by atoms with Crippen LogP contribution in [0.4, 0.5) is 0 Å². The Bertz CT molecular complexity index is 363. The van der Waals surface area contributed by atoms with Crippen molar-refractivity contribution in [2.75, 3.05) is 11.5 Å². The number of thioether (sulfide) groups is 1. The summed E-state index contributed by atoms with van der Waals surface area (Å²) in [4.78, 5) is 0. The van der Waals surface area contributed by atoms with Gasteiger partial charge in [0.25, 0.3) is 0 Å². The van der Waals surface area contributed by atoms with Gasteiger partial charge in [0.05, 0.1) is 6.07 Å². The molecule has 0 saturated carbocycles. The molecule has 0 radical (unpaired) electrons. The molecule has 1 atom stereocenters. The molecule has 2 nitrogen and oxygen atoms in total. The van der Waals surface area contributed by atoms with Gasteiger partial charge in [0.1, 0.15) is 5.54 Å². The fraction of sp³-hybridized carbons (Fsp3) is 0.462. The van der Waals surface area contributed by atoms with Crippen LogP contribution in [-0.4, -0.2) is 17.0 Å². The molecule has 0 spiro atoms. The monoisotopic (exact) mass is 232 g/mol. The van der Waals surface area contributed by atoms with Crippen LogP contribution in [0.2, 0.25) is 0 Å². The Hall–Kier alpha value is -0.980. The SMILES string of the molecule is N#CC1(NCc2ccccc2)CCCSC1. The van der Waals surface area contributed by atoms with Gasteiger partial charge in [0.15, 0.2) is 0 Å². The van der Waals surface area contributed by atoms with Crippen molar-refractivity contribution < 1.29 is 0 Å². The molecule has 1 aromatic rings. The summed E-state index contributed by atoms with van der Waals surface area (Å²) in [5, 5.41) is 12.7. The fourth-order valence-corrected chi connectivity index (χ4v) is 3.08. The van der Waals surface area contributed by atoms with Crippen LogP contribution in [0.5, 0.6) is 0 Å². The van der Waals surface area contributed by atoms with Crippen LogP contribution in [0.1, 0.15) is 18.4 Å². The van der Waals surface area contributed by atoms with E-state index in [1.54, 1.807) is 0 Å². The van der Waals surface area contributed by atoms with E-state index in [-0.39, 0.29) is 5.54 Å². The van der Waals surface area contributed by atoms with E-state index in [2.05, 4.69) is 23.5 Å². The molecule has 1 heterocycles. The van der Waals surface area contributed by atoms with Gasteiger partial charge in [0, 0.05) is 12.3 Å². The predicted octanol–water partition coefficient (Wildman–Crippen LogP) is 2.57. The average molecular weight is 232 g/mol. The summed E-state index contributed by atoms with van der Waals surface area (Å²) in [7, 11) is 0. The van der Waals surface area contributed by atoms with Crippen LogP contribution in [0.25, 0.3) is 0 Å². The summed E-state index contributed by atoms with van der Waals surface area (Å²) in [6.07, 6.45) is 2.11. The number of rotatable bonds is 3. The highest BCUT2D eigenvalue weighted by atomic mass is 32.2. The Balaban J connectivity index is 1.95. The van der Waals surface area contributed by atoms with Gasteiger partial charge in [-0.25, -0.2) is 0 Å². The van der Waals surface area contributed by atoms with E-state index < -0.39 is 0 Å². The standard InChI is InChI=1S/C13H16N2S/c14-10-13(7-4-8-16-11-13)15-9-12-5-2-1-3-6-12/h1-3,5-6,15H,4,7-9,11H2. The van der Waals surface area contributed by atoms with Crippen molar-refractivity contribution in [3.05, 3.63) is 35.9 Å². The molecule has 1 fully saturated rings. The molecule has 3 heteroatoms. The van der Waals surface area contributed by atoms with Crippen molar-refractivity contribution in [3.63, 3.8) is 0 Å². The minimum Gasteiger partial charge on any atom is -0.295 e. The Kier molecular flexibility index (Phi) is 3.87. The molecule has 1 saturated heterocycles. The predicted molar refractivity (Wildman–Crippen MR) is 68.2 cm³/mol. The van der Waals surface area contributed by atoms with Crippen molar-refractivity contribution in [1.82, 2.24) is 5.32 Å². The Labute approximate surface area is 101 Å². The first kappa shape index (κ1) is 11.5.